The van der Waals surface area contributed by atoms with Crippen LogP contribution in [0, 0.1) is 0 Å². The second kappa shape index (κ2) is 12.7. The van der Waals surface area contributed by atoms with Gasteiger partial charge in [-0.3, -0.25) is 9.59 Å². The van der Waals surface area contributed by atoms with E-state index in [4.69, 9.17) is 32.7 Å². The molecule has 0 radical (unpaired) electrons. The Morgan fingerprint density at radius 1 is 1.13 bits per heavy atom. The predicted octanol–water partition coefficient (Wildman–Crippen LogP) is 4.39. The number of amides is 2. The second-order valence-corrected chi connectivity index (χ2v) is 8.54. The maximum absolute atomic E-state index is 13.0. The number of rotatable bonds is 11. The first-order valence-corrected chi connectivity index (χ1v) is 11.8. The van der Waals surface area contributed by atoms with Crippen molar-refractivity contribution < 1.29 is 19.1 Å². The number of benzene rings is 2. The van der Waals surface area contributed by atoms with Crippen LogP contribution in [0.2, 0.25) is 10.0 Å². The van der Waals surface area contributed by atoms with Gasteiger partial charge in [-0.15, -0.1) is 0 Å². The van der Waals surface area contributed by atoms with Gasteiger partial charge in [0.1, 0.15) is 24.1 Å². The summed E-state index contributed by atoms with van der Waals surface area (Å²) < 4.78 is 10.8. The molecule has 1 unspecified atom stereocenters. The van der Waals surface area contributed by atoms with Crippen LogP contribution in [0.15, 0.2) is 42.5 Å². The molecule has 0 heterocycles. The topological polar surface area (TPSA) is 67.9 Å². The molecule has 0 spiro atoms. The Kier molecular flexibility index (Phi) is 10.3. The Bertz CT molecular complexity index is 880. The van der Waals surface area contributed by atoms with Crippen molar-refractivity contribution in [1.82, 2.24) is 10.2 Å². The van der Waals surface area contributed by atoms with Crippen molar-refractivity contribution in [2.24, 2.45) is 0 Å². The van der Waals surface area contributed by atoms with Gasteiger partial charge in [-0.1, -0.05) is 23.2 Å². The van der Waals surface area contributed by atoms with Gasteiger partial charge in [-0.05, 0) is 60.9 Å². The minimum Gasteiger partial charge on any atom is -0.497 e. The minimum absolute atomic E-state index is 0.189. The van der Waals surface area contributed by atoms with Crippen molar-refractivity contribution in [2.75, 3.05) is 39.3 Å². The highest BCUT2D eigenvalue weighted by molar-refractivity contribution is 7.98. The lowest BCUT2D eigenvalue weighted by Crippen LogP contribution is -2.48. The van der Waals surface area contributed by atoms with Gasteiger partial charge in [0, 0.05) is 12.1 Å². The molecule has 168 valence electrons. The number of likely N-dealkylation sites (N-methyl/N-ethyl adjacent to an activating group) is 1. The van der Waals surface area contributed by atoms with Crippen LogP contribution < -0.4 is 14.8 Å². The Balaban J connectivity index is 1.95. The highest BCUT2D eigenvalue weighted by Gasteiger charge is 2.25. The van der Waals surface area contributed by atoms with Gasteiger partial charge in [0.05, 0.1) is 24.2 Å². The number of halogens is 2. The first-order valence-electron chi connectivity index (χ1n) is 9.62. The molecular formula is C22H26Cl2N2O4S. The standard InChI is InChI=1S/C22H26Cl2N2O4S/c1-26(11-12-30-17-7-5-16(29-2)6-8-17)22(28)20(10-13-31-3)25-21(27)18-9-4-15(23)14-19(18)24/h4-9,14,20H,10-13H2,1-3H3,(H,25,27). The summed E-state index contributed by atoms with van der Waals surface area (Å²) in [6.45, 7) is 0.693. The van der Waals surface area contributed by atoms with Crippen molar-refractivity contribution in [2.45, 2.75) is 12.5 Å². The van der Waals surface area contributed by atoms with Crippen LogP contribution >= 0.6 is 35.0 Å². The average molecular weight is 485 g/mol. The number of nitrogens with one attached hydrogen (secondary N) is 1. The van der Waals surface area contributed by atoms with Gasteiger partial charge in [0.15, 0.2) is 0 Å². The van der Waals surface area contributed by atoms with Gasteiger partial charge < -0.3 is 19.7 Å². The third-order valence-electron chi connectivity index (χ3n) is 4.52. The van der Waals surface area contributed by atoms with Crippen LogP contribution in [-0.4, -0.2) is 62.1 Å². The van der Waals surface area contributed by atoms with Gasteiger partial charge >= 0.3 is 0 Å². The summed E-state index contributed by atoms with van der Waals surface area (Å²) >= 11 is 13.6. The molecule has 2 amide bonds. The van der Waals surface area contributed by atoms with E-state index >= 15 is 0 Å². The first kappa shape index (κ1) is 25.2. The van der Waals surface area contributed by atoms with Gasteiger partial charge in [-0.25, -0.2) is 0 Å². The summed E-state index contributed by atoms with van der Waals surface area (Å²) in [7, 11) is 3.29. The number of hydrogen-bond acceptors (Lipinski definition) is 5. The Morgan fingerprint density at radius 3 is 2.42 bits per heavy atom. The van der Waals surface area contributed by atoms with E-state index in [2.05, 4.69) is 5.32 Å². The van der Waals surface area contributed by atoms with E-state index in [1.807, 2.05) is 6.26 Å². The number of thioether (sulfide) groups is 1. The quantitative estimate of drug-likeness (QED) is 0.512. The van der Waals surface area contributed by atoms with Crippen LogP contribution in [0.4, 0.5) is 0 Å². The van der Waals surface area contributed by atoms with E-state index in [1.54, 1.807) is 67.2 Å². The molecule has 0 bridgehead atoms. The predicted molar refractivity (Wildman–Crippen MR) is 127 cm³/mol. The number of ether oxygens (including phenoxy) is 2. The molecule has 0 saturated heterocycles. The van der Waals surface area contributed by atoms with Crippen molar-refractivity contribution >= 4 is 46.8 Å². The SMILES string of the molecule is COc1ccc(OCCN(C)C(=O)C(CCSC)NC(=O)c2ccc(Cl)cc2Cl)cc1. The normalized spacial score (nSPS) is 11.5. The van der Waals surface area contributed by atoms with Crippen molar-refractivity contribution in [3.8, 4) is 11.5 Å². The molecular weight excluding hydrogens is 459 g/mol. The molecule has 31 heavy (non-hydrogen) atoms. The Labute approximate surface area is 197 Å². The van der Waals surface area contributed by atoms with Gasteiger partial charge in [0.2, 0.25) is 5.91 Å². The number of nitrogens with zero attached hydrogens (tertiary/aromatic N) is 1. The van der Waals surface area contributed by atoms with Crippen LogP contribution in [0.3, 0.4) is 0 Å². The summed E-state index contributed by atoms with van der Waals surface area (Å²) in [6, 6.07) is 11.2. The van der Waals surface area contributed by atoms with Gasteiger partial charge in [-0.2, -0.15) is 11.8 Å². The first-order chi connectivity index (χ1) is 14.8. The lowest BCUT2D eigenvalue weighted by Gasteiger charge is -2.25. The van der Waals surface area contributed by atoms with E-state index in [1.165, 1.54) is 6.07 Å². The summed E-state index contributed by atoms with van der Waals surface area (Å²) in [5, 5.41) is 3.48. The maximum Gasteiger partial charge on any atom is 0.253 e. The fraction of sp³-hybridized carbons (Fsp3) is 0.364. The molecule has 6 nitrogen and oxygen atoms in total. The van der Waals surface area contributed by atoms with Gasteiger partial charge in [0.25, 0.3) is 5.91 Å². The second-order valence-electron chi connectivity index (χ2n) is 6.72. The summed E-state index contributed by atoms with van der Waals surface area (Å²) in [5.74, 6) is 1.55. The highest BCUT2D eigenvalue weighted by atomic mass is 35.5. The highest BCUT2D eigenvalue weighted by Crippen LogP contribution is 2.21. The van der Waals surface area contributed by atoms with E-state index in [-0.39, 0.29) is 16.5 Å². The Hall–Kier alpha value is -2.09. The zero-order chi connectivity index (χ0) is 22.8. The zero-order valence-corrected chi connectivity index (χ0v) is 20.0. The molecule has 1 N–H and O–H groups in total. The number of methoxy groups -OCH3 is 1. The summed E-state index contributed by atoms with van der Waals surface area (Å²) in [6.07, 6.45) is 2.45. The molecule has 9 heteroatoms. The largest absolute Gasteiger partial charge is 0.497 e. The van der Waals surface area contributed by atoms with E-state index in [0.29, 0.717) is 30.3 Å². The van der Waals surface area contributed by atoms with Crippen LogP contribution in [0.25, 0.3) is 0 Å². The van der Waals surface area contributed by atoms with Crippen LogP contribution in [-0.2, 0) is 4.79 Å². The summed E-state index contributed by atoms with van der Waals surface area (Å²) in [4.78, 5) is 27.2. The van der Waals surface area contributed by atoms with E-state index in [9.17, 15) is 9.59 Å². The molecule has 2 aromatic carbocycles. The van der Waals surface area contributed by atoms with E-state index < -0.39 is 11.9 Å². The smallest absolute Gasteiger partial charge is 0.253 e. The molecule has 0 aliphatic carbocycles. The number of carbonyl (C=O) groups is 2. The average Bonchev–Trinajstić information content (AvgIpc) is 2.76. The van der Waals surface area contributed by atoms with Crippen LogP contribution in [0.5, 0.6) is 11.5 Å². The lowest BCUT2D eigenvalue weighted by atomic mass is 10.1. The zero-order valence-electron chi connectivity index (χ0n) is 17.7. The fourth-order valence-electron chi connectivity index (χ4n) is 2.75. The monoisotopic (exact) mass is 484 g/mol. The third kappa shape index (κ3) is 7.83. The number of hydrogen-bond donors (Lipinski definition) is 1. The van der Waals surface area contributed by atoms with Crippen molar-refractivity contribution in [3.05, 3.63) is 58.1 Å². The number of carbonyl (C=O) groups excluding carboxylic acids is 2. The molecule has 0 saturated carbocycles. The lowest BCUT2D eigenvalue weighted by molar-refractivity contribution is -0.132. The maximum atomic E-state index is 13.0. The molecule has 0 fully saturated rings. The van der Waals surface area contributed by atoms with Crippen molar-refractivity contribution in [3.63, 3.8) is 0 Å². The summed E-state index contributed by atoms with van der Waals surface area (Å²) in [5.41, 5.74) is 0.276. The minimum atomic E-state index is -0.669. The fourth-order valence-corrected chi connectivity index (χ4v) is 3.72. The molecule has 0 aliphatic heterocycles. The molecule has 1 atom stereocenters. The molecule has 2 rings (SSSR count). The van der Waals surface area contributed by atoms with Crippen molar-refractivity contribution in [1.29, 1.82) is 0 Å². The van der Waals surface area contributed by atoms with E-state index in [0.717, 1.165) is 11.5 Å². The molecule has 0 aromatic heterocycles. The Morgan fingerprint density at radius 2 is 1.81 bits per heavy atom. The third-order valence-corrected chi connectivity index (χ3v) is 5.71. The molecule has 2 aromatic rings. The molecule has 0 aliphatic rings. The van der Waals surface area contributed by atoms with Crippen LogP contribution in [0.1, 0.15) is 16.8 Å².